The standard InChI is InChI=1S/C16H20N2O2S/c1-19-14-7-11-13(8-15(14)20-2)18(16(21)17-11)12-6-9-3-4-10(12)5-9/h7-10,12H,3-6H2,1-2H3,(H,17,21). The summed E-state index contributed by atoms with van der Waals surface area (Å²) >= 11 is 5.59. The number of aromatic nitrogens is 2. The third-order valence-corrected chi connectivity index (χ3v) is 5.55. The van der Waals surface area contributed by atoms with E-state index in [1.807, 2.05) is 12.1 Å². The largest absolute Gasteiger partial charge is 0.493 e. The molecule has 3 atom stereocenters. The van der Waals surface area contributed by atoms with Crippen molar-refractivity contribution in [1.82, 2.24) is 9.55 Å². The molecule has 3 unspecified atom stereocenters. The van der Waals surface area contributed by atoms with E-state index in [1.54, 1.807) is 14.2 Å². The Morgan fingerprint density at radius 1 is 1.14 bits per heavy atom. The smallest absolute Gasteiger partial charge is 0.178 e. The summed E-state index contributed by atoms with van der Waals surface area (Å²) in [5.74, 6) is 3.18. The lowest BCUT2D eigenvalue weighted by Gasteiger charge is -2.24. The summed E-state index contributed by atoms with van der Waals surface area (Å²) in [6.07, 6.45) is 5.37. The van der Waals surface area contributed by atoms with Gasteiger partial charge in [0.05, 0.1) is 25.3 Å². The number of fused-ring (bicyclic) bond motifs is 3. The van der Waals surface area contributed by atoms with E-state index < -0.39 is 0 Å². The van der Waals surface area contributed by atoms with E-state index in [4.69, 9.17) is 21.7 Å². The van der Waals surface area contributed by atoms with Crippen molar-refractivity contribution in [3.8, 4) is 11.5 Å². The minimum absolute atomic E-state index is 0.545. The van der Waals surface area contributed by atoms with Crippen molar-refractivity contribution in [3.05, 3.63) is 16.9 Å². The summed E-state index contributed by atoms with van der Waals surface area (Å²) in [5, 5.41) is 0. The van der Waals surface area contributed by atoms with Crippen LogP contribution in [0.2, 0.25) is 0 Å². The predicted molar refractivity (Wildman–Crippen MR) is 84.7 cm³/mol. The van der Waals surface area contributed by atoms with E-state index in [0.717, 1.165) is 39.1 Å². The molecule has 2 fully saturated rings. The minimum Gasteiger partial charge on any atom is -0.493 e. The summed E-state index contributed by atoms with van der Waals surface area (Å²) in [6, 6.07) is 4.57. The number of aromatic amines is 1. The van der Waals surface area contributed by atoms with Crippen molar-refractivity contribution < 1.29 is 9.47 Å². The van der Waals surface area contributed by atoms with Gasteiger partial charge in [-0.1, -0.05) is 6.42 Å². The van der Waals surface area contributed by atoms with Gasteiger partial charge in [-0.05, 0) is 43.3 Å². The molecule has 4 rings (SSSR count). The predicted octanol–water partition coefficient (Wildman–Crippen LogP) is 4.08. The van der Waals surface area contributed by atoms with E-state index in [2.05, 4.69) is 9.55 Å². The Labute approximate surface area is 129 Å². The summed E-state index contributed by atoms with van der Waals surface area (Å²) in [6.45, 7) is 0. The molecule has 0 aliphatic heterocycles. The Balaban J connectivity index is 1.89. The summed E-state index contributed by atoms with van der Waals surface area (Å²) in [7, 11) is 3.33. The maximum Gasteiger partial charge on any atom is 0.178 e. The van der Waals surface area contributed by atoms with Gasteiger partial charge in [0.1, 0.15) is 0 Å². The molecule has 4 nitrogen and oxygen atoms in total. The number of hydrogen-bond donors (Lipinski definition) is 1. The maximum absolute atomic E-state index is 5.59. The number of nitrogens with zero attached hydrogens (tertiary/aromatic N) is 1. The molecule has 5 heteroatoms. The lowest BCUT2D eigenvalue weighted by molar-refractivity contribution is 0.332. The SMILES string of the molecule is COc1cc2[nH]c(=S)n(C3CC4CCC3C4)c2cc1OC. The summed E-state index contributed by atoms with van der Waals surface area (Å²) in [4.78, 5) is 3.33. The van der Waals surface area contributed by atoms with Gasteiger partial charge in [0, 0.05) is 18.2 Å². The van der Waals surface area contributed by atoms with Gasteiger partial charge in [0.15, 0.2) is 16.3 Å². The number of hydrogen-bond acceptors (Lipinski definition) is 3. The maximum atomic E-state index is 5.59. The number of benzene rings is 1. The van der Waals surface area contributed by atoms with E-state index >= 15 is 0 Å². The zero-order valence-electron chi connectivity index (χ0n) is 12.4. The number of methoxy groups -OCH3 is 2. The normalized spacial score (nSPS) is 27.4. The van der Waals surface area contributed by atoms with Crippen LogP contribution in [0, 0.1) is 16.6 Å². The molecule has 1 heterocycles. The van der Waals surface area contributed by atoms with Crippen LogP contribution in [0.4, 0.5) is 0 Å². The topological polar surface area (TPSA) is 39.2 Å². The van der Waals surface area contributed by atoms with Crippen LogP contribution in [0.5, 0.6) is 11.5 Å². The van der Waals surface area contributed by atoms with Crippen LogP contribution in [0.25, 0.3) is 11.0 Å². The highest BCUT2D eigenvalue weighted by molar-refractivity contribution is 7.71. The minimum atomic E-state index is 0.545. The quantitative estimate of drug-likeness (QED) is 0.869. The Hall–Kier alpha value is -1.49. The second kappa shape index (κ2) is 4.77. The van der Waals surface area contributed by atoms with Crippen molar-refractivity contribution in [2.75, 3.05) is 14.2 Å². The first-order valence-electron chi connectivity index (χ1n) is 7.57. The average Bonchev–Trinajstić information content (AvgIpc) is 3.17. The van der Waals surface area contributed by atoms with Gasteiger partial charge in [0.25, 0.3) is 0 Å². The highest BCUT2D eigenvalue weighted by atomic mass is 32.1. The Morgan fingerprint density at radius 2 is 1.90 bits per heavy atom. The van der Waals surface area contributed by atoms with Crippen LogP contribution >= 0.6 is 12.2 Å². The molecule has 2 aromatic rings. The molecule has 21 heavy (non-hydrogen) atoms. The molecule has 112 valence electrons. The van der Waals surface area contributed by atoms with E-state index in [9.17, 15) is 0 Å². The first-order chi connectivity index (χ1) is 10.2. The van der Waals surface area contributed by atoms with Gasteiger partial charge in [0.2, 0.25) is 0 Å². The molecule has 1 N–H and O–H groups in total. The lowest BCUT2D eigenvalue weighted by atomic mass is 9.95. The molecule has 2 bridgehead atoms. The fourth-order valence-corrected chi connectivity index (χ4v) is 4.65. The van der Waals surface area contributed by atoms with Gasteiger partial charge < -0.3 is 19.0 Å². The number of rotatable bonds is 3. The average molecular weight is 304 g/mol. The van der Waals surface area contributed by atoms with Crippen LogP contribution in [-0.4, -0.2) is 23.8 Å². The molecule has 1 aromatic carbocycles. The molecular formula is C16H20N2O2S. The Morgan fingerprint density at radius 3 is 2.52 bits per heavy atom. The second-order valence-electron chi connectivity index (χ2n) is 6.27. The second-order valence-corrected chi connectivity index (χ2v) is 6.65. The first kappa shape index (κ1) is 13.2. The molecule has 0 spiro atoms. The Bertz CT molecular complexity index is 749. The molecule has 2 saturated carbocycles. The molecule has 0 radical (unpaired) electrons. The van der Waals surface area contributed by atoms with Crippen LogP contribution in [-0.2, 0) is 0 Å². The fourth-order valence-electron chi connectivity index (χ4n) is 4.31. The molecule has 0 amide bonds. The zero-order valence-corrected chi connectivity index (χ0v) is 13.2. The van der Waals surface area contributed by atoms with Gasteiger partial charge >= 0.3 is 0 Å². The van der Waals surface area contributed by atoms with Gasteiger partial charge in [-0.15, -0.1) is 0 Å². The van der Waals surface area contributed by atoms with Gasteiger partial charge in [-0.3, -0.25) is 0 Å². The van der Waals surface area contributed by atoms with Crippen molar-refractivity contribution >= 4 is 23.3 Å². The third kappa shape index (κ3) is 1.90. The van der Waals surface area contributed by atoms with Gasteiger partial charge in [-0.2, -0.15) is 0 Å². The van der Waals surface area contributed by atoms with E-state index in [-0.39, 0.29) is 0 Å². The van der Waals surface area contributed by atoms with Crippen LogP contribution in [0.3, 0.4) is 0 Å². The summed E-state index contributed by atoms with van der Waals surface area (Å²) in [5.41, 5.74) is 2.16. The van der Waals surface area contributed by atoms with Crippen molar-refractivity contribution in [3.63, 3.8) is 0 Å². The number of ether oxygens (including phenoxy) is 2. The summed E-state index contributed by atoms with van der Waals surface area (Å²) < 4.78 is 14.0. The van der Waals surface area contributed by atoms with Crippen LogP contribution < -0.4 is 9.47 Å². The highest BCUT2D eigenvalue weighted by Crippen LogP contribution is 2.51. The van der Waals surface area contributed by atoms with Crippen molar-refractivity contribution in [2.45, 2.75) is 31.7 Å². The van der Waals surface area contributed by atoms with Gasteiger partial charge in [-0.25, -0.2) is 0 Å². The molecule has 1 aromatic heterocycles. The monoisotopic (exact) mass is 304 g/mol. The number of nitrogens with one attached hydrogen (secondary N) is 1. The van der Waals surface area contributed by atoms with Crippen LogP contribution in [0.15, 0.2) is 12.1 Å². The Kier molecular flexibility index (Phi) is 2.99. The third-order valence-electron chi connectivity index (χ3n) is 5.25. The zero-order chi connectivity index (χ0) is 14.6. The fraction of sp³-hybridized carbons (Fsp3) is 0.562. The number of imidazole rings is 1. The molecule has 2 aliphatic rings. The molecule has 2 aliphatic carbocycles. The lowest BCUT2D eigenvalue weighted by Crippen LogP contribution is -2.16. The van der Waals surface area contributed by atoms with Crippen molar-refractivity contribution in [1.29, 1.82) is 0 Å². The first-order valence-corrected chi connectivity index (χ1v) is 7.98. The molecule has 0 saturated heterocycles. The molecular weight excluding hydrogens is 284 g/mol. The van der Waals surface area contributed by atoms with Crippen molar-refractivity contribution in [2.24, 2.45) is 11.8 Å². The van der Waals surface area contributed by atoms with Crippen LogP contribution in [0.1, 0.15) is 31.7 Å². The number of H-pyrrole nitrogens is 1. The van der Waals surface area contributed by atoms with E-state index in [0.29, 0.717) is 6.04 Å². The van der Waals surface area contributed by atoms with E-state index in [1.165, 1.54) is 25.7 Å². The highest BCUT2D eigenvalue weighted by Gasteiger charge is 2.41.